The SMILES string of the molecule is CCOc1cc(C(C)(C)COC)ccc1C1=N[C@@H](c2ccc(Cl)cc2)[C@@H](c2ccc(Cl)cc2)N1. The van der Waals surface area contributed by atoms with Crippen molar-refractivity contribution in [3.8, 4) is 5.75 Å². The minimum atomic E-state index is -0.137. The number of nitrogens with one attached hydrogen (secondary N) is 1. The molecule has 0 spiro atoms. The Balaban J connectivity index is 1.76. The second-order valence-corrected chi connectivity index (χ2v) is 9.98. The summed E-state index contributed by atoms with van der Waals surface area (Å²) in [5.74, 6) is 1.61. The van der Waals surface area contributed by atoms with Crippen molar-refractivity contribution in [3.63, 3.8) is 0 Å². The lowest BCUT2D eigenvalue weighted by Crippen LogP contribution is -2.26. The zero-order valence-corrected chi connectivity index (χ0v) is 21.5. The first-order valence-corrected chi connectivity index (χ1v) is 12.2. The molecular formula is C28H30Cl2N2O2. The van der Waals surface area contributed by atoms with Crippen molar-refractivity contribution in [3.05, 3.63) is 99.0 Å². The number of methoxy groups -OCH3 is 1. The van der Waals surface area contributed by atoms with Gasteiger partial charge in [0.25, 0.3) is 0 Å². The Morgan fingerprint density at radius 1 is 0.912 bits per heavy atom. The molecule has 2 atom stereocenters. The van der Waals surface area contributed by atoms with Gasteiger partial charge >= 0.3 is 0 Å². The molecule has 3 aromatic rings. The maximum atomic E-state index is 6.15. The molecule has 34 heavy (non-hydrogen) atoms. The van der Waals surface area contributed by atoms with Gasteiger partial charge in [-0.3, -0.25) is 4.99 Å². The summed E-state index contributed by atoms with van der Waals surface area (Å²) in [6.45, 7) is 7.51. The summed E-state index contributed by atoms with van der Waals surface area (Å²) in [6, 6.07) is 21.9. The van der Waals surface area contributed by atoms with E-state index in [4.69, 9.17) is 37.7 Å². The summed E-state index contributed by atoms with van der Waals surface area (Å²) in [7, 11) is 1.73. The standard InChI is InChI=1S/C28H30Cl2N2O2/c1-5-34-24-16-20(28(2,3)17-33-4)10-15-23(24)27-31-25(18-6-11-21(29)12-7-18)26(32-27)19-8-13-22(30)14-9-19/h6-16,25-26H,5,17H2,1-4H3,(H,31,32)/t25-,26+. The second-order valence-electron chi connectivity index (χ2n) is 9.11. The average Bonchev–Trinajstić information content (AvgIpc) is 3.25. The molecule has 0 aliphatic carbocycles. The van der Waals surface area contributed by atoms with Crippen molar-refractivity contribution >= 4 is 29.0 Å². The fourth-order valence-corrected chi connectivity index (χ4v) is 4.60. The number of rotatable bonds is 8. The van der Waals surface area contributed by atoms with Gasteiger partial charge in [0.15, 0.2) is 0 Å². The predicted molar refractivity (Wildman–Crippen MR) is 141 cm³/mol. The lowest BCUT2D eigenvalue weighted by Gasteiger charge is -2.25. The van der Waals surface area contributed by atoms with Gasteiger partial charge in [-0.05, 0) is 60.0 Å². The van der Waals surface area contributed by atoms with E-state index in [9.17, 15) is 0 Å². The molecule has 0 unspecified atom stereocenters. The monoisotopic (exact) mass is 496 g/mol. The molecule has 1 aliphatic heterocycles. The minimum absolute atomic E-state index is 0.0486. The first-order chi connectivity index (χ1) is 16.3. The van der Waals surface area contributed by atoms with E-state index >= 15 is 0 Å². The van der Waals surface area contributed by atoms with Gasteiger partial charge in [0.2, 0.25) is 0 Å². The number of ether oxygens (including phenoxy) is 2. The fourth-order valence-electron chi connectivity index (χ4n) is 4.35. The van der Waals surface area contributed by atoms with Crippen LogP contribution in [0.3, 0.4) is 0 Å². The van der Waals surface area contributed by atoms with Crippen LogP contribution in [0.5, 0.6) is 5.75 Å². The number of hydrogen-bond acceptors (Lipinski definition) is 4. The first-order valence-electron chi connectivity index (χ1n) is 11.4. The Bertz CT molecular complexity index is 1160. The number of hydrogen-bond donors (Lipinski definition) is 1. The van der Waals surface area contributed by atoms with Gasteiger partial charge in [0.1, 0.15) is 17.6 Å². The van der Waals surface area contributed by atoms with Crippen molar-refractivity contribution in [1.82, 2.24) is 5.32 Å². The molecule has 0 aromatic heterocycles. The molecule has 0 amide bonds. The predicted octanol–water partition coefficient (Wildman–Crippen LogP) is 7.15. The summed E-state index contributed by atoms with van der Waals surface area (Å²) in [5.41, 5.74) is 4.15. The fraction of sp³-hybridized carbons (Fsp3) is 0.321. The van der Waals surface area contributed by atoms with Gasteiger partial charge < -0.3 is 14.8 Å². The Hall–Kier alpha value is -2.53. The summed E-state index contributed by atoms with van der Waals surface area (Å²) < 4.78 is 11.5. The van der Waals surface area contributed by atoms with Crippen LogP contribution in [0, 0.1) is 0 Å². The minimum Gasteiger partial charge on any atom is -0.493 e. The first kappa shape index (κ1) is 24.6. The van der Waals surface area contributed by atoms with Crippen LogP contribution in [-0.2, 0) is 10.2 Å². The quantitative estimate of drug-likeness (QED) is 0.360. The van der Waals surface area contributed by atoms with E-state index in [2.05, 4.69) is 37.4 Å². The average molecular weight is 497 g/mol. The van der Waals surface area contributed by atoms with Crippen LogP contribution in [-0.4, -0.2) is 26.2 Å². The van der Waals surface area contributed by atoms with Crippen LogP contribution >= 0.6 is 23.2 Å². The summed E-state index contributed by atoms with van der Waals surface area (Å²) >= 11 is 12.3. The Morgan fingerprint density at radius 3 is 2.12 bits per heavy atom. The van der Waals surface area contributed by atoms with Gasteiger partial charge in [-0.2, -0.15) is 0 Å². The Labute approximate surface area is 211 Å². The third kappa shape index (κ3) is 5.25. The molecule has 0 saturated heterocycles. The molecule has 0 saturated carbocycles. The number of amidine groups is 1. The van der Waals surface area contributed by atoms with Gasteiger partial charge in [-0.15, -0.1) is 0 Å². The van der Waals surface area contributed by atoms with Crippen molar-refractivity contribution in [2.45, 2.75) is 38.3 Å². The molecule has 178 valence electrons. The van der Waals surface area contributed by atoms with E-state index < -0.39 is 0 Å². The third-order valence-electron chi connectivity index (χ3n) is 6.14. The highest BCUT2D eigenvalue weighted by Crippen LogP contribution is 2.39. The normalized spacial score (nSPS) is 17.9. The molecule has 0 radical (unpaired) electrons. The van der Waals surface area contributed by atoms with E-state index in [0.717, 1.165) is 33.8 Å². The smallest absolute Gasteiger partial charge is 0.133 e. The van der Waals surface area contributed by atoms with E-state index in [1.807, 2.05) is 55.5 Å². The van der Waals surface area contributed by atoms with Gasteiger partial charge in [0, 0.05) is 22.6 Å². The molecule has 0 bridgehead atoms. The van der Waals surface area contributed by atoms with E-state index in [1.54, 1.807) is 7.11 Å². The number of benzene rings is 3. The third-order valence-corrected chi connectivity index (χ3v) is 6.64. The van der Waals surface area contributed by atoms with E-state index in [1.165, 1.54) is 0 Å². The lowest BCUT2D eigenvalue weighted by molar-refractivity contribution is 0.146. The molecule has 1 heterocycles. The largest absolute Gasteiger partial charge is 0.493 e. The van der Waals surface area contributed by atoms with Crippen LogP contribution in [0.2, 0.25) is 10.0 Å². The molecule has 4 rings (SSSR count). The van der Waals surface area contributed by atoms with Gasteiger partial charge in [-0.25, -0.2) is 0 Å². The number of nitrogens with zero attached hydrogens (tertiary/aromatic N) is 1. The van der Waals surface area contributed by atoms with E-state index in [0.29, 0.717) is 23.3 Å². The van der Waals surface area contributed by atoms with Crippen LogP contribution in [0.1, 0.15) is 55.1 Å². The molecule has 1 aliphatic rings. The highest BCUT2D eigenvalue weighted by Gasteiger charge is 2.33. The molecular weight excluding hydrogens is 467 g/mol. The van der Waals surface area contributed by atoms with Gasteiger partial charge in [-0.1, -0.05) is 67.4 Å². The van der Waals surface area contributed by atoms with Gasteiger partial charge in [0.05, 0.1) is 24.8 Å². The van der Waals surface area contributed by atoms with Crippen LogP contribution in [0.15, 0.2) is 71.7 Å². The molecule has 6 heteroatoms. The second kappa shape index (κ2) is 10.4. The molecule has 1 N–H and O–H groups in total. The maximum absolute atomic E-state index is 6.15. The van der Waals surface area contributed by atoms with E-state index in [-0.39, 0.29) is 17.5 Å². The maximum Gasteiger partial charge on any atom is 0.133 e. The van der Waals surface area contributed by atoms with Crippen LogP contribution < -0.4 is 10.1 Å². The molecule has 3 aromatic carbocycles. The Kier molecular flexibility index (Phi) is 7.51. The highest BCUT2D eigenvalue weighted by atomic mass is 35.5. The number of halogens is 2. The Morgan fingerprint density at radius 2 is 1.53 bits per heavy atom. The van der Waals surface area contributed by atoms with Crippen molar-refractivity contribution in [2.75, 3.05) is 20.3 Å². The number of aliphatic imine (C=N–C) groups is 1. The van der Waals surface area contributed by atoms with Crippen LogP contribution in [0.25, 0.3) is 0 Å². The van der Waals surface area contributed by atoms with Crippen LogP contribution in [0.4, 0.5) is 0 Å². The zero-order valence-electron chi connectivity index (χ0n) is 19.9. The topological polar surface area (TPSA) is 42.9 Å². The van der Waals surface area contributed by atoms with Crippen molar-refractivity contribution in [2.24, 2.45) is 4.99 Å². The van der Waals surface area contributed by atoms with Crippen molar-refractivity contribution in [1.29, 1.82) is 0 Å². The summed E-state index contributed by atoms with van der Waals surface area (Å²) in [5, 5.41) is 5.07. The van der Waals surface area contributed by atoms with Crippen molar-refractivity contribution < 1.29 is 9.47 Å². The molecule has 4 nitrogen and oxygen atoms in total. The molecule has 0 fully saturated rings. The summed E-state index contributed by atoms with van der Waals surface area (Å²) in [6.07, 6.45) is 0. The zero-order chi connectivity index (χ0) is 24.3. The highest BCUT2D eigenvalue weighted by molar-refractivity contribution is 6.30. The summed E-state index contributed by atoms with van der Waals surface area (Å²) in [4.78, 5) is 5.13. The lowest BCUT2D eigenvalue weighted by atomic mass is 9.85.